The van der Waals surface area contributed by atoms with Crippen LogP contribution in [0.25, 0.3) is 0 Å². The summed E-state index contributed by atoms with van der Waals surface area (Å²) < 4.78 is 31.7. The molecule has 0 radical (unpaired) electrons. The number of carboxylic acids is 1. The quantitative estimate of drug-likeness (QED) is 0.573. The van der Waals surface area contributed by atoms with Gasteiger partial charge in [0.2, 0.25) is 0 Å². The number of hydrogen-bond donors (Lipinski definition) is 3. The van der Waals surface area contributed by atoms with Crippen LogP contribution in [0.4, 0.5) is 13.2 Å². The van der Waals surface area contributed by atoms with Crippen LogP contribution in [0, 0.1) is 0 Å². The van der Waals surface area contributed by atoms with Gasteiger partial charge in [-0.1, -0.05) is 6.42 Å². The Kier molecular flexibility index (Phi) is 5.59. The predicted molar refractivity (Wildman–Crippen MR) is 48.1 cm³/mol. The van der Waals surface area contributed by atoms with E-state index in [4.69, 9.17) is 21.4 Å². The molecular formula is C8H15F3N2O2. The Hall–Kier alpha value is -0.820. The van der Waals surface area contributed by atoms with Gasteiger partial charge in [-0.15, -0.1) is 0 Å². The van der Waals surface area contributed by atoms with Crippen molar-refractivity contribution < 1.29 is 23.1 Å². The average molecular weight is 228 g/mol. The maximum Gasteiger partial charge on any atom is 0.490 e. The summed E-state index contributed by atoms with van der Waals surface area (Å²) in [5.74, 6) is -2.76. The Balaban J connectivity index is 0.000000265. The number of aliphatic carboxylic acids is 1. The minimum atomic E-state index is -5.08. The van der Waals surface area contributed by atoms with Crippen LogP contribution in [-0.4, -0.2) is 29.3 Å². The SMILES string of the molecule is NC1CCCC(N)C1.O=C(O)C(F)(F)F. The molecule has 0 amide bonds. The molecule has 0 spiro atoms. The van der Waals surface area contributed by atoms with E-state index in [9.17, 15) is 13.2 Å². The number of carbonyl (C=O) groups is 1. The lowest BCUT2D eigenvalue weighted by Gasteiger charge is -2.22. The van der Waals surface area contributed by atoms with Crippen molar-refractivity contribution in [3.05, 3.63) is 0 Å². The summed E-state index contributed by atoms with van der Waals surface area (Å²) in [6.07, 6.45) is -0.482. The number of carboxylic acid groups (broad SMARTS) is 1. The smallest absolute Gasteiger partial charge is 0.475 e. The number of rotatable bonds is 0. The van der Waals surface area contributed by atoms with Crippen LogP contribution >= 0.6 is 0 Å². The van der Waals surface area contributed by atoms with Crippen LogP contribution in [0.2, 0.25) is 0 Å². The fraction of sp³-hybridized carbons (Fsp3) is 0.875. The van der Waals surface area contributed by atoms with Gasteiger partial charge < -0.3 is 16.6 Å². The highest BCUT2D eigenvalue weighted by atomic mass is 19.4. The zero-order valence-electron chi connectivity index (χ0n) is 8.13. The predicted octanol–water partition coefficient (Wildman–Crippen LogP) is 0.848. The molecule has 0 aromatic rings. The first-order chi connectivity index (χ1) is 6.73. The van der Waals surface area contributed by atoms with Crippen LogP contribution in [-0.2, 0) is 4.79 Å². The minimum absolute atomic E-state index is 0.388. The van der Waals surface area contributed by atoms with Crippen molar-refractivity contribution in [3.63, 3.8) is 0 Å². The van der Waals surface area contributed by atoms with E-state index in [1.807, 2.05) is 0 Å². The Morgan fingerprint density at radius 2 is 1.53 bits per heavy atom. The molecule has 0 heterocycles. The van der Waals surface area contributed by atoms with Crippen molar-refractivity contribution in [2.24, 2.45) is 11.5 Å². The molecule has 1 aliphatic rings. The van der Waals surface area contributed by atoms with Crippen molar-refractivity contribution in [1.29, 1.82) is 0 Å². The van der Waals surface area contributed by atoms with E-state index in [2.05, 4.69) is 0 Å². The molecule has 90 valence electrons. The summed E-state index contributed by atoms with van der Waals surface area (Å²) in [6, 6.07) is 0.775. The molecule has 1 rings (SSSR count). The standard InChI is InChI=1S/C6H14N2.C2HF3O2/c7-5-2-1-3-6(8)4-5;3-2(4,5)1(6)7/h5-6H,1-4,7-8H2;(H,6,7). The van der Waals surface area contributed by atoms with Gasteiger partial charge in [-0.25, -0.2) is 4.79 Å². The van der Waals surface area contributed by atoms with E-state index in [0.717, 1.165) is 6.42 Å². The zero-order chi connectivity index (χ0) is 12.1. The molecular weight excluding hydrogens is 213 g/mol. The lowest BCUT2D eigenvalue weighted by atomic mass is 9.92. The Labute approximate surface area is 85.4 Å². The number of nitrogens with two attached hydrogens (primary N) is 2. The second kappa shape index (κ2) is 5.92. The monoisotopic (exact) mass is 228 g/mol. The van der Waals surface area contributed by atoms with Gasteiger partial charge >= 0.3 is 12.1 Å². The third kappa shape index (κ3) is 7.15. The van der Waals surface area contributed by atoms with Gasteiger partial charge in [0.1, 0.15) is 0 Å². The highest BCUT2D eigenvalue weighted by molar-refractivity contribution is 5.73. The van der Waals surface area contributed by atoms with E-state index in [1.54, 1.807) is 0 Å². The van der Waals surface area contributed by atoms with E-state index in [0.29, 0.717) is 12.1 Å². The summed E-state index contributed by atoms with van der Waals surface area (Å²) in [7, 11) is 0. The van der Waals surface area contributed by atoms with Gasteiger partial charge in [0.05, 0.1) is 0 Å². The van der Waals surface area contributed by atoms with Crippen molar-refractivity contribution in [3.8, 4) is 0 Å². The molecule has 1 aliphatic carbocycles. The lowest BCUT2D eigenvalue weighted by Crippen LogP contribution is -2.35. The van der Waals surface area contributed by atoms with E-state index in [1.165, 1.54) is 19.3 Å². The summed E-state index contributed by atoms with van der Waals surface area (Å²) in [5.41, 5.74) is 11.3. The van der Waals surface area contributed by atoms with Crippen molar-refractivity contribution >= 4 is 5.97 Å². The molecule has 0 aliphatic heterocycles. The number of halogens is 3. The van der Waals surface area contributed by atoms with Crippen molar-refractivity contribution in [1.82, 2.24) is 0 Å². The van der Waals surface area contributed by atoms with E-state index >= 15 is 0 Å². The molecule has 0 aromatic heterocycles. The summed E-state index contributed by atoms with van der Waals surface area (Å²) in [4.78, 5) is 8.90. The normalized spacial score (nSPS) is 26.5. The van der Waals surface area contributed by atoms with Crippen LogP contribution < -0.4 is 11.5 Å². The minimum Gasteiger partial charge on any atom is -0.475 e. The topological polar surface area (TPSA) is 89.3 Å². The molecule has 2 atom stereocenters. The molecule has 4 nitrogen and oxygen atoms in total. The first-order valence-electron chi connectivity index (χ1n) is 4.54. The molecule has 0 bridgehead atoms. The van der Waals surface area contributed by atoms with Crippen LogP contribution in [0.3, 0.4) is 0 Å². The van der Waals surface area contributed by atoms with Crippen LogP contribution in [0.15, 0.2) is 0 Å². The average Bonchev–Trinajstić information content (AvgIpc) is 2.02. The molecule has 0 aromatic carbocycles. The van der Waals surface area contributed by atoms with Gasteiger partial charge in [-0.05, 0) is 19.3 Å². The van der Waals surface area contributed by atoms with E-state index < -0.39 is 12.1 Å². The van der Waals surface area contributed by atoms with Gasteiger partial charge in [0.15, 0.2) is 0 Å². The van der Waals surface area contributed by atoms with Gasteiger partial charge in [-0.3, -0.25) is 0 Å². The highest BCUT2D eigenvalue weighted by Crippen LogP contribution is 2.14. The maximum atomic E-state index is 10.6. The highest BCUT2D eigenvalue weighted by Gasteiger charge is 2.38. The van der Waals surface area contributed by atoms with Crippen molar-refractivity contribution in [2.45, 2.75) is 43.9 Å². The third-order valence-corrected chi connectivity index (χ3v) is 2.00. The third-order valence-electron chi connectivity index (χ3n) is 2.00. The van der Waals surface area contributed by atoms with Crippen LogP contribution in [0.1, 0.15) is 25.7 Å². The van der Waals surface area contributed by atoms with Crippen LogP contribution in [0.5, 0.6) is 0 Å². The fourth-order valence-corrected chi connectivity index (χ4v) is 1.27. The lowest BCUT2D eigenvalue weighted by molar-refractivity contribution is -0.192. The number of hydrogen-bond acceptors (Lipinski definition) is 3. The van der Waals surface area contributed by atoms with Gasteiger partial charge in [0, 0.05) is 12.1 Å². The summed E-state index contributed by atoms with van der Waals surface area (Å²) >= 11 is 0. The molecule has 1 fully saturated rings. The molecule has 2 unspecified atom stereocenters. The molecule has 7 heteroatoms. The molecule has 5 N–H and O–H groups in total. The second-order valence-electron chi connectivity index (χ2n) is 3.49. The first kappa shape index (κ1) is 14.2. The molecule has 15 heavy (non-hydrogen) atoms. The second-order valence-corrected chi connectivity index (χ2v) is 3.49. The molecule has 1 saturated carbocycles. The van der Waals surface area contributed by atoms with E-state index in [-0.39, 0.29) is 0 Å². The Morgan fingerprint density at radius 1 is 1.20 bits per heavy atom. The number of alkyl halides is 3. The van der Waals surface area contributed by atoms with Gasteiger partial charge in [0.25, 0.3) is 0 Å². The maximum absolute atomic E-state index is 10.6. The van der Waals surface area contributed by atoms with Crippen molar-refractivity contribution in [2.75, 3.05) is 0 Å². The largest absolute Gasteiger partial charge is 0.490 e. The zero-order valence-corrected chi connectivity index (χ0v) is 8.13. The van der Waals surface area contributed by atoms with Gasteiger partial charge in [-0.2, -0.15) is 13.2 Å². The molecule has 0 saturated heterocycles. The Morgan fingerprint density at radius 3 is 1.67 bits per heavy atom. The first-order valence-corrected chi connectivity index (χ1v) is 4.54. The summed E-state index contributed by atoms with van der Waals surface area (Å²) in [5, 5.41) is 7.12. The fourth-order valence-electron chi connectivity index (χ4n) is 1.27. The Bertz CT molecular complexity index is 201. The summed E-state index contributed by atoms with van der Waals surface area (Å²) in [6.45, 7) is 0.